The Labute approximate surface area is 91.9 Å². The highest BCUT2D eigenvalue weighted by atomic mass is 32.2. The molecule has 84 valence electrons. The zero-order valence-corrected chi connectivity index (χ0v) is 9.50. The summed E-state index contributed by atoms with van der Waals surface area (Å²) in [6, 6.07) is 1.43. The molecule has 0 spiro atoms. The fourth-order valence-electron chi connectivity index (χ4n) is 1.04. The first-order valence-electron chi connectivity index (χ1n) is 4.49. The molecule has 6 heteroatoms. The average molecular weight is 230 g/mol. The summed E-state index contributed by atoms with van der Waals surface area (Å²) in [4.78, 5) is 17.8. The van der Waals surface area contributed by atoms with Gasteiger partial charge < -0.3 is 14.8 Å². The van der Waals surface area contributed by atoms with Crippen LogP contribution in [0.1, 0.15) is 5.69 Å². The summed E-state index contributed by atoms with van der Waals surface area (Å²) < 4.78 is 4.78. The molecule has 1 rings (SSSR count). The van der Waals surface area contributed by atoms with Gasteiger partial charge in [0.25, 0.3) is 5.56 Å². The minimum absolute atomic E-state index is 0.175. The SMILES string of the molecule is COCC(O)CSc1nc(C)cc(=O)[nH]1. The fraction of sp³-hybridized carbons (Fsp3) is 0.556. The number of hydrogen-bond acceptors (Lipinski definition) is 5. The van der Waals surface area contributed by atoms with E-state index in [-0.39, 0.29) is 12.2 Å². The number of aliphatic hydroxyl groups is 1. The number of aliphatic hydroxyl groups excluding tert-OH is 1. The number of thioether (sulfide) groups is 1. The van der Waals surface area contributed by atoms with Crippen LogP contribution in [0.3, 0.4) is 0 Å². The van der Waals surface area contributed by atoms with Gasteiger partial charge in [-0.3, -0.25) is 4.79 Å². The molecule has 0 radical (unpaired) electrons. The Morgan fingerprint density at radius 1 is 1.73 bits per heavy atom. The van der Waals surface area contributed by atoms with Crippen molar-refractivity contribution < 1.29 is 9.84 Å². The maximum absolute atomic E-state index is 11.1. The van der Waals surface area contributed by atoms with Crippen molar-refractivity contribution in [3.8, 4) is 0 Å². The lowest BCUT2D eigenvalue weighted by atomic mass is 10.4. The van der Waals surface area contributed by atoms with Crippen LogP contribution in [0.15, 0.2) is 16.0 Å². The van der Waals surface area contributed by atoms with Crippen molar-refractivity contribution in [2.24, 2.45) is 0 Å². The topological polar surface area (TPSA) is 75.2 Å². The zero-order chi connectivity index (χ0) is 11.3. The molecule has 1 unspecified atom stereocenters. The van der Waals surface area contributed by atoms with E-state index in [0.717, 1.165) is 0 Å². The number of aromatic amines is 1. The Bertz CT molecular complexity index is 367. The minimum atomic E-state index is -0.550. The van der Waals surface area contributed by atoms with Crippen molar-refractivity contribution in [2.75, 3.05) is 19.5 Å². The summed E-state index contributed by atoms with van der Waals surface area (Å²) in [5.41, 5.74) is 0.494. The standard InChI is InChI=1S/C9H14N2O3S/c1-6-3-8(13)11-9(10-6)15-5-7(12)4-14-2/h3,7,12H,4-5H2,1-2H3,(H,10,11,13). The Kier molecular flexibility index (Phi) is 4.80. The van der Waals surface area contributed by atoms with E-state index in [1.807, 2.05) is 0 Å². The van der Waals surface area contributed by atoms with E-state index in [4.69, 9.17) is 4.74 Å². The van der Waals surface area contributed by atoms with E-state index in [9.17, 15) is 9.90 Å². The van der Waals surface area contributed by atoms with Gasteiger partial charge in [-0.15, -0.1) is 0 Å². The number of ether oxygens (including phenoxy) is 1. The Morgan fingerprint density at radius 2 is 2.47 bits per heavy atom. The van der Waals surface area contributed by atoms with E-state index in [2.05, 4.69) is 9.97 Å². The summed E-state index contributed by atoms with van der Waals surface area (Å²) in [6.45, 7) is 2.04. The highest BCUT2D eigenvalue weighted by Crippen LogP contribution is 2.12. The molecule has 0 bridgehead atoms. The predicted octanol–water partition coefficient (Wildman–Crippen LogP) is 0.178. The number of hydrogen-bond donors (Lipinski definition) is 2. The van der Waals surface area contributed by atoms with Crippen LogP contribution >= 0.6 is 11.8 Å². The van der Waals surface area contributed by atoms with Crippen molar-refractivity contribution >= 4 is 11.8 Å². The number of nitrogens with zero attached hydrogens (tertiary/aromatic N) is 1. The molecular weight excluding hydrogens is 216 g/mol. The number of H-pyrrole nitrogens is 1. The highest BCUT2D eigenvalue weighted by Gasteiger charge is 2.06. The maximum atomic E-state index is 11.1. The molecule has 1 aromatic rings. The fourth-order valence-corrected chi connectivity index (χ4v) is 1.86. The number of aryl methyl sites for hydroxylation is 1. The number of nitrogens with one attached hydrogen (secondary N) is 1. The largest absolute Gasteiger partial charge is 0.390 e. The molecule has 0 aliphatic heterocycles. The van der Waals surface area contributed by atoms with E-state index in [1.54, 1.807) is 6.92 Å². The van der Waals surface area contributed by atoms with Crippen molar-refractivity contribution in [1.29, 1.82) is 0 Å². The molecule has 0 aliphatic rings. The first-order valence-corrected chi connectivity index (χ1v) is 5.48. The summed E-state index contributed by atoms with van der Waals surface area (Å²) >= 11 is 1.30. The lowest BCUT2D eigenvalue weighted by Gasteiger charge is -2.07. The molecule has 0 saturated carbocycles. The van der Waals surface area contributed by atoms with Gasteiger partial charge in [0.15, 0.2) is 5.16 Å². The number of methoxy groups -OCH3 is 1. The third-order valence-corrected chi connectivity index (χ3v) is 2.64. The molecule has 1 aromatic heterocycles. The predicted molar refractivity (Wildman–Crippen MR) is 58.2 cm³/mol. The van der Waals surface area contributed by atoms with Gasteiger partial charge in [-0.25, -0.2) is 4.98 Å². The van der Waals surface area contributed by atoms with Crippen LogP contribution in [0.4, 0.5) is 0 Å². The molecule has 5 nitrogen and oxygen atoms in total. The Morgan fingerprint density at radius 3 is 3.07 bits per heavy atom. The maximum Gasteiger partial charge on any atom is 0.251 e. The van der Waals surface area contributed by atoms with Crippen LogP contribution in [0.25, 0.3) is 0 Å². The number of aromatic nitrogens is 2. The van der Waals surface area contributed by atoms with Crippen LogP contribution in [-0.2, 0) is 4.74 Å². The third-order valence-electron chi connectivity index (χ3n) is 1.62. The first kappa shape index (κ1) is 12.2. The van der Waals surface area contributed by atoms with Crippen molar-refractivity contribution in [3.63, 3.8) is 0 Å². The molecule has 0 amide bonds. The van der Waals surface area contributed by atoms with Crippen LogP contribution in [0, 0.1) is 6.92 Å². The molecular formula is C9H14N2O3S. The van der Waals surface area contributed by atoms with E-state index >= 15 is 0 Å². The zero-order valence-electron chi connectivity index (χ0n) is 8.69. The third kappa shape index (κ3) is 4.46. The van der Waals surface area contributed by atoms with Gasteiger partial charge in [-0.1, -0.05) is 11.8 Å². The summed E-state index contributed by atoms with van der Waals surface area (Å²) in [5, 5.41) is 9.91. The van der Waals surface area contributed by atoms with Crippen molar-refractivity contribution in [1.82, 2.24) is 9.97 Å². The van der Waals surface area contributed by atoms with Gasteiger partial charge in [-0.05, 0) is 6.92 Å². The first-order chi connectivity index (χ1) is 7.11. The minimum Gasteiger partial charge on any atom is -0.390 e. The Balaban J connectivity index is 2.54. The van der Waals surface area contributed by atoms with Crippen LogP contribution in [-0.4, -0.2) is 40.6 Å². The van der Waals surface area contributed by atoms with Gasteiger partial charge in [0, 0.05) is 24.6 Å². The van der Waals surface area contributed by atoms with Crippen molar-refractivity contribution in [3.05, 3.63) is 22.1 Å². The van der Waals surface area contributed by atoms with Crippen LogP contribution < -0.4 is 5.56 Å². The molecule has 15 heavy (non-hydrogen) atoms. The van der Waals surface area contributed by atoms with Gasteiger partial charge in [0.05, 0.1) is 12.7 Å². The average Bonchev–Trinajstić information content (AvgIpc) is 2.14. The molecule has 1 heterocycles. The van der Waals surface area contributed by atoms with Crippen molar-refractivity contribution in [2.45, 2.75) is 18.2 Å². The van der Waals surface area contributed by atoms with E-state index in [1.165, 1.54) is 24.9 Å². The number of rotatable bonds is 5. The molecule has 0 aromatic carbocycles. The smallest absolute Gasteiger partial charge is 0.251 e. The van der Waals surface area contributed by atoms with Gasteiger partial charge in [0.1, 0.15) is 0 Å². The van der Waals surface area contributed by atoms with Gasteiger partial charge in [-0.2, -0.15) is 0 Å². The second-order valence-corrected chi connectivity index (χ2v) is 4.12. The lowest BCUT2D eigenvalue weighted by molar-refractivity contribution is 0.0793. The molecule has 0 aliphatic carbocycles. The van der Waals surface area contributed by atoms with Crippen LogP contribution in [0.5, 0.6) is 0 Å². The molecule has 2 N–H and O–H groups in total. The lowest BCUT2D eigenvalue weighted by Crippen LogP contribution is -2.17. The second-order valence-electron chi connectivity index (χ2n) is 3.11. The summed E-state index contributed by atoms with van der Waals surface area (Å²) in [5.74, 6) is 0.445. The Hall–Kier alpha value is -0.850. The summed E-state index contributed by atoms with van der Waals surface area (Å²) in [6.07, 6.45) is -0.550. The van der Waals surface area contributed by atoms with Gasteiger partial charge >= 0.3 is 0 Å². The summed E-state index contributed by atoms with van der Waals surface area (Å²) in [7, 11) is 1.53. The second kappa shape index (κ2) is 5.89. The normalized spacial score (nSPS) is 12.7. The van der Waals surface area contributed by atoms with Gasteiger partial charge in [0.2, 0.25) is 0 Å². The quantitative estimate of drug-likeness (QED) is 0.557. The van der Waals surface area contributed by atoms with Crippen LogP contribution in [0.2, 0.25) is 0 Å². The monoisotopic (exact) mass is 230 g/mol. The molecule has 0 fully saturated rings. The van der Waals surface area contributed by atoms with E-state index < -0.39 is 6.10 Å². The molecule has 1 atom stereocenters. The van der Waals surface area contributed by atoms with E-state index in [0.29, 0.717) is 16.6 Å². The molecule has 0 saturated heterocycles. The highest BCUT2D eigenvalue weighted by molar-refractivity contribution is 7.99.